The third kappa shape index (κ3) is 3.07. The van der Waals surface area contributed by atoms with Gasteiger partial charge in [0, 0.05) is 17.1 Å². The molecule has 1 aromatic rings. The average molecular weight is 266 g/mol. The van der Waals surface area contributed by atoms with Crippen molar-refractivity contribution in [1.82, 2.24) is 5.32 Å². The van der Waals surface area contributed by atoms with Crippen LogP contribution in [0.1, 0.15) is 52.0 Å². The zero-order valence-corrected chi connectivity index (χ0v) is 12.6. The Morgan fingerprint density at radius 1 is 1.22 bits per heavy atom. The van der Waals surface area contributed by atoms with Crippen LogP contribution in [0, 0.1) is 5.41 Å². The highest BCUT2D eigenvalue weighted by Crippen LogP contribution is 2.40. The highest BCUT2D eigenvalue weighted by atomic mass is 35.5. The fraction of sp³-hybridized carbons (Fsp3) is 0.625. The Balaban J connectivity index is 1.86. The van der Waals surface area contributed by atoms with Gasteiger partial charge in [-0.2, -0.15) is 0 Å². The van der Waals surface area contributed by atoms with Crippen LogP contribution < -0.4 is 5.32 Å². The highest BCUT2D eigenvalue weighted by Gasteiger charge is 2.33. The van der Waals surface area contributed by atoms with E-state index in [9.17, 15) is 0 Å². The lowest BCUT2D eigenvalue weighted by molar-refractivity contribution is 0.203. The summed E-state index contributed by atoms with van der Waals surface area (Å²) in [6.07, 6.45) is 2.42. The maximum atomic E-state index is 6.24. The molecule has 0 aromatic heterocycles. The summed E-state index contributed by atoms with van der Waals surface area (Å²) in [6, 6.07) is 9.45. The van der Waals surface area contributed by atoms with E-state index in [1.54, 1.807) is 0 Å². The number of hydrogen-bond acceptors (Lipinski definition) is 1. The first-order chi connectivity index (χ1) is 8.38. The van der Waals surface area contributed by atoms with E-state index >= 15 is 0 Å². The number of rotatable bonds is 3. The van der Waals surface area contributed by atoms with Gasteiger partial charge in [0.1, 0.15) is 0 Å². The quantitative estimate of drug-likeness (QED) is 0.842. The minimum Gasteiger partial charge on any atom is -0.311 e. The molecule has 1 unspecified atom stereocenters. The lowest BCUT2D eigenvalue weighted by Gasteiger charge is -2.41. The molecule has 0 amide bonds. The summed E-state index contributed by atoms with van der Waals surface area (Å²) in [6.45, 7) is 9.14. The van der Waals surface area contributed by atoms with Crippen molar-refractivity contribution in [2.75, 3.05) is 0 Å². The van der Waals surface area contributed by atoms with Gasteiger partial charge in [0.25, 0.3) is 0 Å². The SMILES string of the molecule is CC(NC1CC(c2ccccc2Cl)C1)C(C)(C)C. The zero-order chi connectivity index (χ0) is 13.3. The topological polar surface area (TPSA) is 12.0 Å². The van der Waals surface area contributed by atoms with E-state index in [0.29, 0.717) is 23.4 Å². The minimum absolute atomic E-state index is 0.329. The molecule has 1 N–H and O–H groups in total. The maximum Gasteiger partial charge on any atom is 0.0440 e. The van der Waals surface area contributed by atoms with Crippen LogP contribution in [0.5, 0.6) is 0 Å². The van der Waals surface area contributed by atoms with Crippen LogP contribution in [0.25, 0.3) is 0 Å². The fourth-order valence-corrected chi connectivity index (χ4v) is 2.71. The summed E-state index contributed by atoms with van der Waals surface area (Å²) < 4.78 is 0. The van der Waals surface area contributed by atoms with E-state index in [1.165, 1.54) is 18.4 Å². The van der Waals surface area contributed by atoms with E-state index in [4.69, 9.17) is 11.6 Å². The summed E-state index contributed by atoms with van der Waals surface area (Å²) in [7, 11) is 0. The van der Waals surface area contributed by atoms with Crippen molar-refractivity contribution < 1.29 is 0 Å². The van der Waals surface area contributed by atoms with Crippen molar-refractivity contribution in [3.8, 4) is 0 Å². The second kappa shape index (κ2) is 5.22. The first-order valence-corrected chi connectivity index (χ1v) is 7.26. The number of hydrogen-bond donors (Lipinski definition) is 1. The van der Waals surface area contributed by atoms with Crippen molar-refractivity contribution in [2.45, 2.75) is 58.5 Å². The van der Waals surface area contributed by atoms with Crippen LogP contribution in [-0.4, -0.2) is 12.1 Å². The Hall–Kier alpha value is -0.530. The first kappa shape index (κ1) is 13.9. The predicted octanol–water partition coefficient (Wildman–Crippen LogP) is 4.61. The van der Waals surface area contributed by atoms with Gasteiger partial charge in [-0.25, -0.2) is 0 Å². The predicted molar refractivity (Wildman–Crippen MR) is 79.3 cm³/mol. The van der Waals surface area contributed by atoms with Gasteiger partial charge >= 0.3 is 0 Å². The Labute approximate surface area is 116 Å². The van der Waals surface area contributed by atoms with Crippen LogP contribution >= 0.6 is 11.6 Å². The summed E-state index contributed by atoms with van der Waals surface area (Å²) in [5.74, 6) is 0.642. The van der Waals surface area contributed by atoms with E-state index in [1.807, 2.05) is 12.1 Å². The number of halogens is 1. The van der Waals surface area contributed by atoms with Gasteiger partial charge in [-0.15, -0.1) is 0 Å². The van der Waals surface area contributed by atoms with E-state index in [2.05, 4.69) is 45.1 Å². The molecule has 100 valence electrons. The number of benzene rings is 1. The largest absolute Gasteiger partial charge is 0.311 e. The van der Waals surface area contributed by atoms with Crippen LogP contribution in [-0.2, 0) is 0 Å². The molecule has 0 radical (unpaired) electrons. The molecule has 1 aliphatic carbocycles. The molecule has 0 heterocycles. The van der Waals surface area contributed by atoms with Crippen LogP contribution in [0.15, 0.2) is 24.3 Å². The zero-order valence-electron chi connectivity index (χ0n) is 11.8. The van der Waals surface area contributed by atoms with Gasteiger partial charge in [0.05, 0.1) is 0 Å². The van der Waals surface area contributed by atoms with E-state index in [-0.39, 0.29) is 0 Å². The second-order valence-electron chi connectivity index (χ2n) is 6.64. The monoisotopic (exact) mass is 265 g/mol. The van der Waals surface area contributed by atoms with E-state index < -0.39 is 0 Å². The molecular formula is C16H24ClN. The second-order valence-corrected chi connectivity index (χ2v) is 7.05. The molecular weight excluding hydrogens is 242 g/mol. The highest BCUT2D eigenvalue weighted by molar-refractivity contribution is 6.31. The normalized spacial score (nSPS) is 25.6. The van der Waals surface area contributed by atoms with Gasteiger partial charge in [0.2, 0.25) is 0 Å². The van der Waals surface area contributed by atoms with Gasteiger partial charge in [-0.05, 0) is 42.7 Å². The third-order valence-corrected chi connectivity index (χ3v) is 4.61. The molecule has 2 heteroatoms. The smallest absolute Gasteiger partial charge is 0.0440 e. The maximum absolute atomic E-state index is 6.24. The average Bonchev–Trinajstić information content (AvgIpc) is 2.22. The van der Waals surface area contributed by atoms with Crippen molar-refractivity contribution in [3.63, 3.8) is 0 Å². The summed E-state index contributed by atoms with van der Waals surface area (Å²) in [4.78, 5) is 0. The van der Waals surface area contributed by atoms with Gasteiger partial charge in [-0.1, -0.05) is 50.6 Å². The standard InChI is InChI=1S/C16H24ClN/c1-11(16(2,3)4)18-13-9-12(10-13)14-7-5-6-8-15(14)17/h5-8,11-13,18H,9-10H2,1-4H3. The molecule has 1 aromatic carbocycles. The van der Waals surface area contributed by atoms with Crippen molar-refractivity contribution >= 4 is 11.6 Å². The molecule has 1 fully saturated rings. The third-order valence-electron chi connectivity index (χ3n) is 4.27. The molecule has 0 spiro atoms. The van der Waals surface area contributed by atoms with Gasteiger partial charge < -0.3 is 5.32 Å². The molecule has 1 atom stereocenters. The van der Waals surface area contributed by atoms with Crippen LogP contribution in [0.2, 0.25) is 5.02 Å². The lowest BCUT2D eigenvalue weighted by Crippen LogP contribution is -2.49. The van der Waals surface area contributed by atoms with Crippen LogP contribution in [0.4, 0.5) is 0 Å². The molecule has 0 saturated heterocycles. The van der Waals surface area contributed by atoms with Crippen molar-refractivity contribution in [2.24, 2.45) is 5.41 Å². The lowest BCUT2D eigenvalue weighted by atomic mass is 9.74. The Kier molecular flexibility index (Phi) is 4.03. The minimum atomic E-state index is 0.329. The van der Waals surface area contributed by atoms with Crippen LogP contribution in [0.3, 0.4) is 0 Å². The Bertz CT molecular complexity index is 402. The number of nitrogens with one attached hydrogen (secondary N) is 1. The summed E-state index contributed by atoms with van der Waals surface area (Å²) in [5, 5.41) is 4.65. The molecule has 0 bridgehead atoms. The van der Waals surface area contributed by atoms with E-state index in [0.717, 1.165) is 5.02 Å². The van der Waals surface area contributed by atoms with Gasteiger partial charge in [0.15, 0.2) is 0 Å². The molecule has 1 saturated carbocycles. The Morgan fingerprint density at radius 3 is 2.39 bits per heavy atom. The first-order valence-electron chi connectivity index (χ1n) is 6.88. The summed E-state index contributed by atoms with van der Waals surface area (Å²) >= 11 is 6.24. The molecule has 1 nitrogen and oxygen atoms in total. The van der Waals surface area contributed by atoms with Crippen molar-refractivity contribution in [3.05, 3.63) is 34.9 Å². The summed E-state index contributed by atoms with van der Waals surface area (Å²) in [5.41, 5.74) is 1.65. The molecule has 0 aliphatic heterocycles. The molecule has 2 rings (SSSR count). The van der Waals surface area contributed by atoms with Gasteiger partial charge in [-0.3, -0.25) is 0 Å². The fourth-order valence-electron chi connectivity index (χ4n) is 2.42. The molecule has 1 aliphatic rings. The van der Waals surface area contributed by atoms with Crippen molar-refractivity contribution in [1.29, 1.82) is 0 Å². The Morgan fingerprint density at radius 2 is 1.83 bits per heavy atom. The molecule has 18 heavy (non-hydrogen) atoms.